The number of carbonyl (C=O) groups excluding carboxylic acids is 1. The van der Waals surface area contributed by atoms with Gasteiger partial charge in [0.2, 0.25) is 0 Å². The van der Waals surface area contributed by atoms with Gasteiger partial charge in [-0.2, -0.15) is 0 Å². The van der Waals surface area contributed by atoms with Crippen LogP contribution in [0.4, 0.5) is 9.93 Å². The maximum Gasteiger partial charge on any atom is 0.321 e. The number of H-pyrrole nitrogens is 1. The Morgan fingerprint density at radius 1 is 1.22 bits per heavy atom. The zero-order valence-electron chi connectivity index (χ0n) is 15.8. The molecule has 2 amide bonds. The van der Waals surface area contributed by atoms with E-state index in [1.165, 1.54) is 11.3 Å². The third kappa shape index (κ3) is 4.88. The monoisotopic (exact) mass is 385 g/mol. The Morgan fingerprint density at radius 2 is 2.04 bits per heavy atom. The van der Waals surface area contributed by atoms with Crippen molar-refractivity contribution in [3.05, 3.63) is 42.0 Å². The van der Waals surface area contributed by atoms with Crippen molar-refractivity contribution >= 4 is 22.5 Å². The normalized spacial score (nSPS) is 11.4. The Kier molecular flexibility index (Phi) is 5.50. The van der Waals surface area contributed by atoms with Crippen molar-refractivity contribution in [2.75, 3.05) is 11.9 Å². The quantitative estimate of drug-likeness (QED) is 0.624. The molecule has 142 valence electrons. The first-order chi connectivity index (χ1) is 12.8. The first kappa shape index (κ1) is 19.0. The summed E-state index contributed by atoms with van der Waals surface area (Å²) in [6.07, 6.45) is 5.84. The molecular formula is C18H23N7OS. The lowest BCUT2D eigenvalue weighted by molar-refractivity contribution is 0.252. The number of amides is 2. The summed E-state index contributed by atoms with van der Waals surface area (Å²) in [5, 5.41) is 6.12. The molecule has 0 fully saturated rings. The largest absolute Gasteiger partial charge is 0.349 e. The highest BCUT2D eigenvalue weighted by molar-refractivity contribution is 7.19. The molecule has 0 aliphatic rings. The molecule has 27 heavy (non-hydrogen) atoms. The molecule has 0 atom stereocenters. The number of aromatic nitrogens is 5. The summed E-state index contributed by atoms with van der Waals surface area (Å²) in [5.41, 5.74) is 1.50. The van der Waals surface area contributed by atoms with Gasteiger partial charge in [-0.3, -0.25) is 5.32 Å². The van der Waals surface area contributed by atoms with Crippen LogP contribution < -0.4 is 10.6 Å². The van der Waals surface area contributed by atoms with Gasteiger partial charge in [-0.1, -0.05) is 32.1 Å². The van der Waals surface area contributed by atoms with Crippen LogP contribution in [0.2, 0.25) is 0 Å². The lowest BCUT2D eigenvalue weighted by Crippen LogP contribution is -2.30. The molecule has 0 saturated carbocycles. The molecule has 0 aromatic carbocycles. The van der Waals surface area contributed by atoms with E-state index in [0.29, 0.717) is 18.1 Å². The van der Waals surface area contributed by atoms with E-state index in [4.69, 9.17) is 0 Å². The van der Waals surface area contributed by atoms with Gasteiger partial charge in [-0.15, -0.1) is 0 Å². The molecule has 8 nitrogen and oxygen atoms in total. The van der Waals surface area contributed by atoms with E-state index in [1.807, 2.05) is 13.0 Å². The summed E-state index contributed by atoms with van der Waals surface area (Å²) < 4.78 is 0. The minimum absolute atomic E-state index is 0.135. The lowest BCUT2D eigenvalue weighted by atomic mass is 9.95. The fourth-order valence-electron chi connectivity index (χ4n) is 2.40. The van der Waals surface area contributed by atoms with E-state index < -0.39 is 0 Å². The van der Waals surface area contributed by atoms with E-state index in [-0.39, 0.29) is 11.4 Å². The Hall–Kier alpha value is -2.81. The van der Waals surface area contributed by atoms with Gasteiger partial charge in [0.05, 0.1) is 16.3 Å². The SMILES string of the molecule is Cc1nc(NC(=O)NCCc2ncc[nH]2)sc1-c1ccnc(C(C)(C)C)n1. The topological polar surface area (TPSA) is 108 Å². The number of urea groups is 1. The van der Waals surface area contributed by atoms with Crippen LogP contribution in [0.3, 0.4) is 0 Å². The van der Waals surface area contributed by atoms with Gasteiger partial charge in [-0.25, -0.2) is 24.7 Å². The molecule has 0 saturated heterocycles. The fraction of sp³-hybridized carbons (Fsp3) is 0.389. The van der Waals surface area contributed by atoms with Crippen LogP contribution in [0.1, 0.15) is 38.1 Å². The second-order valence-corrected chi connectivity index (χ2v) is 8.11. The number of anilines is 1. The van der Waals surface area contributed by atoms with E-state index in [0.717, 1.165) is 27.9 Å². The molecule has 3 aromatic heterocycles. The van der Waals surface area contributed by atoms with Gasteiger partial charge in [0, 0.05) is 37.0 Å². The number of aromatic amines is 1. The highest BCUT2D eigenvalue weighted by atomic mass is 32.1. The number of nitrogens with zero attached hydrogens (tertiary/aromatic N) is 4. The van der Waals surface area contributed by atoms with Crippen molar-refractivity contribution in [2.45, 2.75) is 39.5 Å². The Morgan fingerprint density at radius 3 is 2.74 bits per heavy atom. The third-order valence-electron chi connectivity index (χ3n) is 3.78. The highest BCUT2D eigenvalue weighted by Gasteiger charge is 2.19. The van der Waals surface area contributed by atoms with Gasteiger partial charge >= 0.3 is 6.03 Å². The number of rotatable bonds is 5. The minimum atomic E-state index is -0.292. The summed E-state index contributed by atoms with van der Waals surface area (Å²) in [4.78, 5) is 33.6. The molecule has 0 aliphatic heterocycles. The van der Waals surface area contributed by atoms with Crippen LogP contribution in [0.15, 0.2) is 24.7 Å². The van der Waals surface area contributed by atoms with Crippen LogP contribution in [0.25, 0.3) is 10.6 Å². The number of thiazole rings is 1. The Balaban J connectivity index is 1.65. The molecule has 0 radical (unpaired) electrons. The first-order valence-electron chi connectivity index (χ1n) is 8.67. The standard InChI is InChI=1S/C18H23N7OS/c1-11-14(12-5-7-21-15(24-12)18(2,3)4)27-17(23-11)25-16(26)22-8-6-13-19-9-10-20-13/h5,7,9-10H,6,8H2,1-4H3,(H,19,20)(H2,22,23,25,26). The molecule has 0 bridgehead atoms. The number of aryl methyl sites for hydroxylation is 1. The summed E-state index contributed by atoms with van der Waals surface area (Å²) in [7, 11) is 0. The number of carbonyl (C=O) groups is 1. The van der Waals surface area contributed by atoms with Gasteiger partial charge < -0.3 is 10.3 Å². The van der Waals surface area contributed by atoms with E-state index in [2.05, 4.69) is 56.3 Å². The number of hydrogen-bond donors (Lipinski definition) is 3. The van der Waals surface area contributed by atoms with Crippen molar-refractivity contribution < 1.29 is 4.79 Å². The molecule has 3 heterocycles. The first-order valence-corrected chi connectivity index (χ1v) is 9.49. The predicted octanol–water partition coefficient (Wildman–Crippen LogP) is 3.29. The predicted molar refractivity (Wildman–Crippen MR) is 106 cm³/mol. The van der Waals surface area contributed by atoms with Gasteiger partial charge in [0.25, 0.3) is 0 Å². The van der Waals surface area contributed by atoms with Gasteiger partial charge in [0.1, 0.15) is 11.6 Å². The molecule has 9 heteroatoms. The van der Waals surface area contributed by atoms with Crippen LogP contribution in [0, 0.1) is 6.92 Å². The van der Waals surface area contributed by atoms with Crippen molar-refractivity contribution in [2.24, 2.45) is 0 Å². The molecule has 3 aromatic rings. The maximum absolute atomic E-state index is 12.1. The van der Waals surface area contributed by atoms with Gasteiger partial charge in [0.15, 0.2) is 5.13 Å². The van der Waals surface area contributed by atoms with E-state index in [1.54, 1.807) is 18.6 Å². The zero-order valence-corrected chi connectivity index (χ0v) is 16.6. The van der Waals surface area contributed by atoms with Crippen LogP contribution in [-0.4, -0.2) is 37.5 Å². The Labute approximate surface area is 161 Å². The average molecular weight is 385 g/mol. The van der Waals surface area contributed by atoms with Crippen LogP contribution >= 0.6 is 11.3 Å². The van der Waals surface area contributed by atoms with E-state index in [9.17, 15) is 4.79 Å². The summed E-state index contributed by atoms with van der Waals surface area (Å²) in [5.74, 6) is 1.61. The summed E-state index contributed by atoms with van der Waals surface area (Å²) in [6, 6.07) is 1.57. The third-order valence-corrected chi connectivity index (χ3v) is 4.87. The van der Waals surface area contributed by atoms with Crippen molar-refractivity contribution in [3.63, 3.8) is 0 Å². The van der Waals surface area contributed by atoms with Crippen molar-refractivity contribution in [1.82, 2.24) is 30.2 Å². The maximum atomic E-state index is 12.1. The average Bonchev–Trinajstić information content (AvgIpc) is 3.24. The molecule has 0 aliphatic carbocycles. The molecule has 3 rings (SSSR count). The minimum Gasteiger partial charge on any atom is -0.349 e. The highest BCUT2D eigenvalue weighted by Crippen LogP contribution is 2.32. The lowest BCUT2D eigenvalue weighted by Gasteiger charge is -2.16. The zero-order chi connectivity index (χ0) is 19.4. The summed E-state index contributed by atoms with van der Waals surface area (Å²) in [6.45, 7) is 8.62. The second-order valence-electron chi connectivity index (χ2n) is 7.12. The fourth-order valence-corrected chi connectivity index (χ4v) is 3.34. The smallest absolute Gasteiger partial charge is 0.321 e. The molecule has 0 unspecified atom stereocenters. The number of nitrogens with one attached hydrogen (secondary N) is 3. The number of imidazole rings is 1. The summed E-state index contributed by atoms with van der Waals surface area (Å²) >= 11 is 1.40. The molecule has 3 N–H and O–H groups in total. The van der Waals surface area contributed by atoms with E-state index >= 15 is 0 Å². The second kappa shape index (κ2) is 7.83. The molecular weight excluding hydrogens is 362 g/mol. The van der Waals surface area contributed by atoms with Crippen LogP contribution in [0.5, 0.6) is 0 Å². The van der Waals surface area contributed by atoms with Gasteiger partial charge in [-0.05, 0) is 13.0 Å². The Bertz CT molecular complexity index is 912. The molecule has 0 spiro atoms. The number of hydrogen-bond acceptors (Lipinski definition) is 6. The van der Waals surface area contributed by atoms with Crippen LogP contribution in [-0.2, 0) is 11.8 Å². The van der Waals surface area contributed by atoms with Crippen molar-refractivity contribution in [1.29, 1.82) is 0 Å². The van der Waals surface area contributed by atoms with Crippen molar-refractivity contribution in [3.8, 4) is 10.6 Å².